The van der Waals surface area contributed by atoms with Gasteiger partial charge in [0.1, 0.15) is 11.9 Å². The van der Waals surface area contributed by atoms with E-state index in [1.807, 2.05) is 30.3 Å². The Morgan fingerprint density at radius 1 is 1.19 bits per heavy atom. The average molecular weight is 280 g/mol. The average Bonchev–Trinajstić information content (AvgIpc) is 2.79. The van der Waals surface area contributed by atoms with Crippen molar-refractivity contribution in [2.24, 2.45) is 0 Å². The van der Waals surface area contributed by atoms with E-state index in [0.29, 0.717) is 5.56 Å². The highest BCUT2D eigenvalue weighted by Gasteiger charge is 2.18. The Hall–Kier alpha value is -2.12. The zero-order valence-electron chi connectivity index (χ0n) is 12.4. The molecule has 0 aliphatic carbocycles. The summed E-state index contributed by atoms with van der Waals surface area (Å²) in [6.45, 7) is 7.36. The van der Waals surface area contributed by atoms with Gasteiger partial charge in [-0.05, 0) is 31.6 Å². The molecular weight excluding hydrogens is 260 g/mol. The Bertz CT molecular complexity index is 674. The summed E-state index contributed by atoms with van der Waals surface area (Å²) in [6, 6.07) is 12.3. The first kappa shape index (κ1) is 13.8. The second kappa shape index (κ2) is 6.11. The number of fused-ring (bicyclic) bond motifs is 1. The Labute approximate surface area is 125 Å². The van der Waals surface area contributed by atoms with Crippen molar-refractivity contribution in [2.45, 2.75) is 13.3 Å². The summed E-state index contributed by atoms with van der Waals surface area (Å²) >= 11 is 0. The molecule has 0 amide bonds. The van der Waals surface area contributed by atoms with Gasteiger partial charge in [-0.1, -0.05) is 25.1 Å². The summed E-state index contributed by atoms with van der Waals surface area (Å²) in [6.07, 6.45) is 1.12. The molecule has 0 bridgehead atoms. The number of rotatable bonds is 2. The number of likely N-dealkylation sites (N-methyl/N-ethyl adjacent to an activating group) is 1. The molecule has 1 aliphatic rings. The van der Waals surface area contributed by atoms with Crippen LogP contribution in [0.4, 0.5) is 5.82 Å². The van der Waals surface area contributed by atoms with Gasteiger partial charge in [-0.3, -0.25) is 0 Å². The lowest BCUT2D eigenvalue weighted by molar-refractivity contribution is 0.310. The summed E-state index contributed by atoms with van der Waals surface area (Å²) in [5.41, 5.74) is 1.64. The van der Waals surface area contributed by atoms with Gasteiger partial charge < -0.3 is 9.80 Å². The van der Waals surface area contributed by atoms with Crippen LogP contribution in [0.15, 0.2) is 30.3 Å². The molecule has 2 aromatic rings. The molecule has 1 fully saturated rings. The van der Waals surface area contributed by atoms with E-state index in [9.17, 15) is 5.26 Å². The standard InChI is InChI=1S/C17H20N4/c1-2-20-8-5-9-21(11-10-20)17-15(13-18)12-14-6-3-4-7-16(14)19-17/h3-4,6-7,12H,2,5,8-11H2,1H3. The number of hydrogen-bond acceptors (Lipinski definition) is 4. The van der Waals surface area contributed by atoms with Crippen LogP contribution in [0, 0.1) is 11.3 Å². The molecule has 1 saturated heterocycles. The third kappa shape index (κ3) is 2.84. The predicted octanol–water partition coefficient (Wildman–Crippen LogP) is 2.64. The molecule has 21 heavy (non-hydrogen) atoms. The fourth-order valence-corrected chi connectivity index (χ4v) is 2.93. The maximum atomic E-state index is 9.45. The fourth-order valence-electron chi connectivity index (χ4n) is 2.93. The topological polar surface area (TPSA) is 43.2 Å². The maximum absolute atomic E-state index is 9.45. The molecule has 0 unspecified atom stereocenters. The van der Waals surface area contributed by atoms with Gasteiger partial charge in [-0.15, -0.1) is 0 Å². The molecule has 1 aromatic heterocycles. The van der Waals surface area contributed by atoms with E-state index in [0.717, 1.165) is 55.9 Å². The van der Waals surface area contributed by atoms with Crippen molar-refractivity contribution in [3.63, 3.8) is 0 Å². The first-order valence-corrected chi connectivity index (χ1v) is 7.59. The van der Waals surface area contributed by atoms with E-state index in [2.05, 4.69) is 22.8 Å². The number of aromatic nitrogens is 1. The van der Waals surface area contributed by atoms with Gasteiger partial charge in [-0.25, -0.2) is 4.98 Å². The van der Waals surface area contributed by atoms with Crippen LogP contribution in [-0.2, 0) is 0 Å². The Morgan fingerprint density at radius 2 is 2.05 bits per heavy atom. The van der Waals surface area contributed by atoms with E-state index in [4.69, 9.17) is 4.98 Å². The second-order valence-corrected chi connectivity index (χ2v) is 5.44. The van der Waals surface area contributed by atoms with Gasteiger partial charge >= 0.3 is 0 Å². The van der Waals surface area contributed by atoms with E-state index < -0.39 is 0 Å². The van der Waals surface area contributed by atoms with E-state index in [1.165, 1.54) is 0 Å². The molecule has 1 aliphatic heterocycles. The number of hydrogen-bond donors (Lipinski definition) is 0. The lowest BCUT2D eigenvalue weighted by Crippen LogP contribution is -2.31. The van der Waals surface area contributed by atoms with Crippen molar-refractivity contribution < 1.29 is 0 Å². The smallest absolute Gasteiger partial charge is 0.147 e. The van der Waals surface area contributed by atoms with Crippen LogP contribution in [0.25, 0.3) is 10.9 Å². The van der Waals surface area contributed by atoms with E-state index in [1.54, 1.807) is 0 Å². The van der Waals surface area contributed by atoms with Crippen molar-refractivity contribution >= 4 is 16.7 Å². The van der Waals surface area contributed by atoms with Crippen LogP contribution in [0.1, 0.15) is 18.9 Å². The zero-order chi connectivity index (χ0) is 14.7. The molecule has 3 rings (SSSR count). The summed E-state index contributed by atoms with van der Waals surface area (Å²) in [5, 5.41) is 10.5. The number of nitriles is 1. The minimum absolute atomic E-state index is 0.679. The number of pyridine rings is 1. The first-order valence-electron chi connectivity index (χ1n) is 7.59. The van der Waals surface area contributed by atoms with Gasteiger partial charge in [0.15, 0.2) is 0 Å². The molecule has 108 valence electrons. The van der Waals surface area contributed by atoms with Crippen LogP contribution in [0.2, 0.25) is 0 Å². The SMILES string of the molecule is CCN1CCCN(c2nc3ccccc3cc2C#N)CC1. The largest absolute Gasteiger partial charge is 0.354 e. The highest BCUT2D eigenvalue weighted by atomic mass is 15.2. The van der Waals surface area contributed by atoms with E-state index >= 15 is 0 Å². The summed E-state index contributed by atoms with van der Waals surface area (Å²) in [4.78, 5) is 9.46. The van der Waals surface area contributed by atoms with Crippen LogP contribution >= 0.6 is 0 Å². The van der Waals surface area contributed by atoms with Gasteiger partial charge in [0.2, 0.25) is 0 Å². The molecule has 0 N–H and O–H groups in total. The van der Waals surface area contributed by atoms with Crippen LogP contribution < -0.4 is 4.90 Å². The van der Waals surface area contributed by atoms with Gasteiger partial charge in [-0.2, -0.15) is 5.26 Å². The first-order chi connectivity index (χ1) is 10.3. The molecule has 4 nitrogen and oxygen atoms in total. The van der Waals surface area contributed by atoms with Crippen molar-refractivity contribution in [1.82, 2.24) is 9.88 Å². The second-order valence-electron chi connectivity index (χ2n) is 5.44. The van der Waals surface area contributed by atoms with Crippen molar-refractivity contribution in [3.05, 3.63) is 35.9 Å². The van der Waals surface area contributed by atoms with Crippen molar-refractivity contribution in [1.29, 1.82) is 5.26 Å². The third-order valence-corrected chi connectivity index (χ3v) is 4.16. The van der Waals surface area contributed by atoms with Crippen molar-refractivity contribution in [3.8, 4) is 6.07 Å². The highest BCUT2D eigenvalue weighted by molar-refractivity contribution is 5.83. The van der Waals surface area contributed by atoms with Gasteiger partial charge in [0.25, 0.3) is 0 Å². The molecular formula is C17H20N4. The predicted molar refractivity (Wildman–Crippen MR) is 85.4 cm³/mol. The lowest BCUT2D eigenvalue weighted by Gasteiger charge is -2.23. The molecule has 0 atom stereocenters. The minimum atomic E-state index is 0.679. The van der Waals surface area contributed by atoms with E-state index in [-0.39, 0.29) is 0 Å². The number of benzene rings is 1. The zero-order valence-corrected chi connectivity index (χ0v) is 12.4. The van der Waals surface area contributed by atoms with Gasteiger partial charge in [0, 0.05) is 25.0 Å². The normalized spacial score (nSPS) is 16.7. The van der Waals surface area contributed by atoms with Crippen LogP contribution in [0.5, 0.6) is 0 Å². The Kier molecular flexibility index (Phi) is 4.03. The molecule has 0 spiro atoms. The van der Waals surface area contributed by atoms with Crippen molar-refractivity contribution in [2.75, 3.05) is 37.6 Å². The Morgan fingerprint density at radius 3 is 2.86 bits per heavy atom. The fraction of sp³-hybridized carbons (Fsp3) is 0.412. The number of nitrogens with zero attached hydrogens (tertiary/aromatic N) is 4. The minimum Gasteiger partial charge on any atom is -0.354 e. The summed E-state index contributed by atoms with van der Waals surface area (Å²) in [7, 11) is 0. The maximum Gasteiger partial charge on any atom is 0.147 e. The number of para-hydroxylation sites is 1. The monoisotopic (exact) mass is 280 g/mol. The van der Waals surface area contributed by atoms with Gasteiger partial charge in [0.05, 0.1) is 11.1 Å². The third-order valence-electron chi connectivity index (χ3n) is 4.16. The molecule has 0 radical (unpaired) electrons. The summed E-state index contributed by atoms with van der Waals surface area (Å²) in [5.74, 6) is 0.842. The van der Waals surface area contributed by atoms with Crippen LogP contribution in [-0.4, -0.2) is 42.6 Å². The molecule has 0 saturated carbocycles. The number of anilines is 1. The Balaban J connectivity index is 1.97. The molecule has 2 heterocycles. The quantitative estimate of drug-likeness (QED) is 0.848. The summed E-state index contributed by atoms with van der Waals surface area (Å²) < 4.78 is 0. The lowest BCUT2D eigenvalue weighted by atomic mass is 10.1. The molecule has 1 aromatic carbocycles. The molecule has 4 heteroatoms. The van der Waals surface area contributed by atoms with Crippen LogP contribution in [0.3, 0.4) is 0 Å². The highest BCUT2D eigenvalue weighted by Crippen LogP contribution is 2.24.